The second-order valence-electron chi connectivity index (χ2n) is 22.1. The SMILES string of the molecule is COCCO[C@@H]1CC[C@@H](C[C@@H](C)[C@@H]2CC(=O)[C@H](C)C=C(C)[C@@H](O)[C@@H](OC)C(=O)[C@H](C)C[C@H](C)C=CC=CC=C(C)C(OC[C@@H]3COCCO3)C[C@@H]3CC[C@@H](C)[C@@](O)(O3)C(=O)C(=O)N3CCCC[C@H]3C(=O)O2)C[C@H]1OC. The van der Waals surface area contributed by atoms with Crippen molar-refractivity contribution in [1.82, 2.24) is 4.90 Å². The molecule has 2 N–H and O–H groups in total. The Balaban J connectivity index is 1.47. The smallest absolute Gasteiger partial charge is 0.329 e. The standard InChI is InChI=1S/C58H91NO16/c1-36-16-12-11-13-17-37(2)49(73-35-45-34-70-25-27-71-45)32-44-21-19-42(7)58(66,75-44)55(63)56(64)59-23-15-14-18-46(59)57(65)74-50(39(4)30-43-20-22-48(51(31-43)68-9)72-26-24-67-8)33-47(60)38(3)29-41(6)53(62)54(69-10)52(61)40(5)28-36/h11-13,16-17,29,36,38-40,42-46,48-51,53-54,62,66H,14-15,18-28,30-35H2,1-10H3/t36-,38-,39-,40-,42-,43+,44+,45+,46+,48-,49?,50+,51-,53-,54+,58-/m1/s1. The maximum absolute atomic E-state index is 14.6. The van der Waals surface area contributed by atoms with Gasteiger partial charge in [0.1, 0.15) is 36.2 Å². The Bertz CT molecular complexity index is 1980. The van der Waals surface area contributed by atoms with Crippen LogP contribution in [0.1, 0.15) is 126 Å². The Morgan fingerprint density at radius 3 is 2.32 bits per heavy atom. The summed E-state index contributed by atoms with van der Waals surface area (Å²) in [4.78, 5) is 73.0. The molecule has 1 amide bonds. The molecule has 0 spiro atoms. The maximum Gasteiger partial charge on any atom is 0.329 e. The van der Waals surface area contributed by atoms with Crippen LogP contribution in [0.4, 0.5) is 0 Å². The zero-order chi connectivity index (χ0) is 54.8. The van der Waals surface area contributed by atoms with Crippen LogP contribution in [0.5, 0.6) is 0 Å². The summed E-state index contributed by atoms with van der Waals surface area (Å²) in [6, 6.07) is -1.16. The molecule has 4 heterocycles. The summed E-state index contributed by atoms with van der Waals surface area (Å²) in [5.74, 6) is -8.06. The van der Waals surface area contributed by atoms with Gasteiger partial charge in [0.25, 0.3) is 11.7 Å². The predicted molar refractivity (Wildman–Crippen MR) is 280 cm³/mol. The van der Waals surface area contributed by atoms with Crippen molar-refractivity contribution in [3.05, 3.63) is 47.6 Å². The molecule has 1 aliphatic carbocycles. The Labute approximate surface area is 446 Å². The fourth-order valence-electron chi connectivity index (χ4n) is 11.3. The summed E-state index contributed by atoms with van der Waals surface area (Å²) in [7, 11) is 4.68. The van der Waals surface area contributed by atoms with Crippen molar-refractivity contribution in [1.29, 1.82) is 0 Å². The number of aliphatic hydroxyl groups excluding tert-OH is 1. The van der Waals surface area contributed by atoms with Crippen LogP contribution in [0.2, 0.25) is 0 Å². The molecule has 0 aromatic carbocycles. The van der Waals surface area contributed by atoms with Crippen LogP contribution in [0.15, 0.2) is 47.6 Å². The van der Waals surface area contributed by atoms with E-state index in [4.69, 9.17) is 42.6 Å². The van der Waals surface area contributed by atoms with Crippen molar-refractivity contribution in [2.75, 3.05) is 67.5 Å². The van der Waals surface area contributed by atoms with Crippen molar-refractivity contribution in [2.45, 2.75) is 186 Å². The third kappa shape index (κ3) is 17.8. The van der Waals surface area contributed by atoms with Crippen LogP contribution < -0.4 is 0 Å². The van der Waals surface area contributed by atoms with Crippen molar-refractivity contribution in [2.24, 2.45) is 35.5 Å². The third-order valence-electron chi connectivity index (χ3n) is 16.2. The molecule has 4 fully saturated rings. The van der Waals surface area contributed by atoms with E-state index >= 15 is 0 Å². The van der Waals surface area contributed by atoms with E-state index in [1.54, 1.807) is 41.1 Å². The summed E-state index contributed by atoms with van der Waals surface area (Å²) in [6.07, 6.45) is 11.7. The number of carbonyl (C=O) groups is 5. The quantitative estimate of drug-likeness (QED) is 0.0908. The predicted octanol–water partition coefficient (Wildman–Crippen LogP) is 6.64. The number of hydrogen-bond acceptors (Lipinski definition) is 16. The van der Waals surface area contributed by atoms with Gasteiger partial charge in [-0.25, -0.2) is 4.79 Å². The highest BCUT2D eigenvalue weighted by Crippen LogP contribution is 2.38. The first-order valence-electron chi connectivity index (χ1n) is 27.7. The van der Waals surface area contributed by atoms with Crippen LogP contribution in [0, 0.1) is 35.5 Å². The molecular weight excluding hydrogens is 967 g/mol. The van der Waals surface area contributed by atoms with Gasteiger partial charge < -0.3 is 57.7 Å². The lowest BCUT2D eigenvalue weighted by atomic mass is 9.78. The lowest BCUT2D eigenvalue weighted by molar-refractivity contribution is -0.266. The monoisotopic (exact) mass is 1060 g/mol. The lowest BCUT2D eigenvalue weighted by Gasteiger charge is -2.43. The number of ether oxygens (including phenoxy) is 9. The van der Waals surface area contributed by atoms with Gasteiger partial charge in [0.2, 0.25) is 5.79 Å². The number of fused-ring (bicyclic) bond motifs is 3. The molecule has 16 atom stereocenters. The van der Waals surface area contributed by atoms with Gasteiger partial charge in [0.05, 0.1) is 64.1 Å². The molecule has 0 aromatic heterocycles. The number of esters is 1. The van der Waals surface area contributed by atoms with Crippen LogP contribution in [-0.2, 0) is 66.6 Å². The average Bonchev–Trinajstić information content (AvgIpc) is 3.40. The van der Waals surface area contributed by atoms with Crippen molar-refractivity contribution >= 4 is 29.2 Å². The molecule has 0 radical (unpaired) electrons. The summed E-state index contributed by atoms with van der Waals surface area (Å²) in [6.45, 7) is 15.3. The van der Waals surface area contributed by atoms with E-state index in [1.807, 2.05) is 58.1 Å². The number of allylic oxidation sites excluding steroid dienone is 6. The minimum Gasteiger partial charge on any atom is -0.460 e. The van der Waals surface area contributed by atoms with Crippen LogP contribution in [0.25, 0.3) is 0 Å². The molecule has 1 saturated carbocycles. The molecular formula is C58H91NO16. The van der Waals surface area contributed by atoms with Gasteiger partial charge in [-0.05, 0) is 107 Å². The molecule has 17 heteroatoms. The number of piperidine rings is 1. The number of rotatable bonds is 12. The Kier molecular flexibility index (Phi) is 25.4. The zero-order valence-corrected chi connectivity index (χ0v) is 46.6. The summed E-state index contributed by atoms with van der Waals surface area (Å²) in [5, 5.41) is 23.8. The average molecular weight is 1060 g/mol. The number of methoxy groups -OCH3 is 3. The highest BCUT2D eigenvalue weighted by molar-refractivity contribution is 6.39. The van der Waals surface area contributed by atoms with Gasteiger partial charge in [0.15, 0.2) is 5.78 Å². The Hall–Kier alpha value is -3.49. The molecule has 1 unspecified atom stereocenters. The second kappa shape index (κ2) is 30.6. The van der Waals surface area contributed by atoms with Crippen molar-refractivity contribution in [3.63, 3.8) is 0 Å². The van der Waals surface area contributed by atoms with Crippen LogP contribution in [0.3, 0.4) is 0 Å². The first-order chi connectivity index (χ1) is 35.8. The number of nitrogens with zero attached hydrogens (tertiary/aromatic N) is 1. The largest absolute Gasteiger partial charge is 0.460 e. The number of amides is 1. The van der Waals surface area contributed by atoms with Gasteiger partial charge in [-0.3, -0.25) is 19.2 Å². The van der Waals surface area contributed by atoms with Gasteiger partial charge in [-0.1, -0.05) is 71.1 Å². The molecule has 5 rings (SSSR count). The molecule has 75 heavy (non-hydrogen) atoms. The fourth-order valence-corrected chi connectivity index (χ4v) is 11.3. The van der Waals surface area contributed by atoms with E-state index in [-0.39, 0.29) is 80.0 Å². The summed E-state index contributed by atoms with van der Waals surface area (Å²) < 4.78 is 53.4. The van der Waals surface area contributed by atoms with Crippen LogP contribution in [-0.4, -0.2) is 173 Å². The number of cyclic esters (lactones) is 1. The first kappa shape index (κ1) is 62.4. The van der Waals surface area contributed by atoms with E-state index in [0.29, 0.717) is 83.6 Å². The maximum atomic E-state index is 14.6. The number of aliphatic hydroxyl groups is 2. The molecule has 424 valence electrons. The number of ketones is 3. The lowest BCUT2D eigenvalue weighted by Crippen LogP contribution is -2.61. The normalized spacial score (nSPS) is 36.6. The van der Waals surface area contributed by atoms with Gasteiger partial charge in [-0.2, -0.15) is 0 Å². The van der Waals surface area contributed by atoms with Gasteiger partial charge in [0, 0.05) is 58.5 Å². The highest BCUT2D eigenvalue weighted by Gasteiger charge is 2.53. The van der Waals surface area contributed by atoms with Crippen molar-refractivity contribution < 1.29 is 76.8 Å². The van der Waals surface area contributed by atoms with E-state index in [9.17, 15) is 34.2 Å². The zero-order valence-electron chi connectivity index (χ0n) is 46.6. The molecule has 3 saturated heterocycles. The topological polar surface area (TPSA) is 212 Å². The Morgan fingerprint density at radius 2 is 1.61 bits per heavy atom. The third-order valence-corrected chi connectivity index (χ3v) is 16.2. The second-order valence-corrected chi connectivity index (χ2v) is 22.1. The molecule has 17 nitrogen and oxygen atoms in total. The minimum absolute atomic E-state index is 0.00616. The Morgan fingerprint density at radius 1 is 0.840 bits per heavy atom. The number of carbonyl (C=O) groups excluding carboxylic acids is 5. The van der Waals surface area contributed by atoms with E-state index in [2.05, 4.69) is 0 Å². The summed E-state index contributed by atoms with van der Waals surface area (Å²) >= 11 is 0. The highest BCUT2D eigenvalue weighted by atomic mass is 16.6. The minimum atomic E-state index is -2.48. The van der Waals surface area contributed by atoms with Crippen molar-refractivity contribution in [3.8, 4) is 0 Å². The van der Waals surface area contributed by atoms with E-state index < -0.39 is 77.8 Å². The molecule has 4 aliphatic heterocycles. The van der Waals surface area contributed by atoms with E-state index in [1.165, 1.54) is 12.0 Å². The molecule has 0 aromatic rings. The van der Waals surface area contributed by atoms with E-state index in [0.717, 1.165) is 18.4 Å². The first-order valence-corrected chi connectivity index (χ1v) is 27.7. The van der Waals surface area contributed by atoms with Gasteiger partial charge >= 0.3 is 5.97 Å². The summed E-state index contributed by atoms with van der Waals surface area (Å²) in [5.41, 5.74) is 1.24. The number of Topliss-reactive ketones (excluding diaryl/α,β-unsaturated/α-hetero) is 3. The van der Waals surface area contributed by atoms with Gasteiger partial charge in [-0.15, -0.1) is 0 Å². The fraction of sp³-hybridized carbons (Fsp3) is 0.776. The molecule has 2 bridgehead atoms. The van der Waals surface area contributed by atoms with Crippen LogP contribution >= 0.6 is 0 Å². The number of hydrogen-bond donors (Lipinski definition) is 2. The molecule has 5 aliphatic rings.